The lowest BCUT2D eigenvalue weighted by Gasteiger charge is -2.11. The van der Waals surface area contributed by atoms with Gasteiger partial charge in [0.05, 0.1) is 5.69 Å². The standard InChI is InChI=1S/C20H23ClN2/c1-16-18-10-4-5-11-19(18)23(14-7-3-2-6-12-21)20(16)17-9-8-13-22-15-17/h4-5,8-11,13,15H,2-3,6-7,12,14H2,1H3. The fourth-order valence-electron chi connectivity index (χ4n) is 3.30. The quantitative estimate of drug-likeness (QED) is 0.395. The highest BCUT2D eigenvalue weighted by Crippen LogP contribution is 2.33. The Morgan fingerprint density at radius 1 is 1.00 bits per heavy atom. The lowest BCUT2D eigenvalue weighted by Crippen LogP contribution is -2.01. The maximum atomic E-state index is 5.77. The first kappa shape index (κ1) is 16.1. The van der Waals surface area contributed by atoms with Gasteiger partial charge in [-0.05, 0) is 43.5 Å². The van der Waals surface area contributed by atoms with Gasteiger partial charge >= 0.3 is 0 Å². The van der Waals surface area contributed by atoms with E-state index in [-0.39, 0.29) is 0 Å². The van der Waals surface area contributed by atoms with Crippen molar-refractivity contribution in [1.29, 1.82) is 0 Å². The molecule has 3 rings (SSSR count). The first-order chi connectivity index (χ1) is 11.3. The summed E-state index contributed by atoms with van der Waals surface area (Å²) >= 11 is 5.77. The Labute approximate surface area is 143 Å². The zero-order valence-corrected chi connectivity index (χ0v) is 14.4. The van der Waals surface area contributed by atoms with E-state index in [4.69, 9.17) is 11.6 Å². The van der Waals surface area contributed by atoms with E-state index in [2.05, 4.69) is 46.8 Å². The van der Waals surface area contributed by atoms with Crippen molar-refractivity contribution < 1.29 is 0 Å². The van der Waals surface area contributed by atoms with Gasteiger partial charge in [-0.2, -0.15) is 0 Å². The van der Waals surface area contributed by atoms with Gasteiger partial charge in [0.1, 0.15) is 0 Å². The van der Waals surface area contributed by atoms with Gasteiger partial charge in [0, 0.05) is 41.3 Å². The van der Waals surface area contributed by atoms with E-state index in [1.165, 1.54) is 47.0 Å². The molecule has 0 unspecified atom stereocenters. The molecule has 0 radical (unpaired) electrons. The van der Waals surface area contributed by atoms with Crippen LogP contribution in [0.1, 0.15) is 31.2 Å². The Balaban J connectivity index is 1.97. The summed E-state index contributed by atoms with van der Waals surface area (Å²) in [5.41, 5.74) is 5.16. The molecule has 0 aliphatic heterocycles. The van der Waals surface area contributed by atoms with Crippen molar-refractivity contribution in [3.63, 3.8) is 0 Å². The number of nitrogens with zero attached hydrogens (tertiary/aromatic N) is 2. The SMILES string of the molecule is Cc1c(-c2cccnc2)n(CCCCCCCl)c2ccccc12. The van der Waals surface area contributed by atoms with Crippen LogP contribution in [0.15, 0.2) is 48.8 Å². The zero-order valence-electron chi connectivity index (χ0n) is 13.6. The van der Waals surface area contributed by atoms with Crippen molar-refractivity contribution in [2.75, 3.05) is 5.88 Å². The molecular weight excluding hydrogens is 304 g/mol. The van der Waals surface area contributed by atoms with Gasteiger partial charge in [0.15, 0.2) is 0 Å². The number of aryl methyl sites for hydroxylation is 2. The predicted octanol–water partition coefficient (Wildman–Crippen LogP) is 5.81. The van der Waals surface area contributed by atoms with Crippen LogP contribution in [-0.4, -0.2) is 15.4 Å². The Hall–Kier alpha value is -1.80. The average molecular weight is 327 g/mol. The van der Waals surface area contributed by atoms with E-state index in [1.807, 2.05) is 18.5 Å². The summed E-state index contributed by atoms with van der Waals surface area (Å²) in [7, 11) is 0. The second-order valence-corrected chi connectivity index (χ2v) is 6.37. The van der Waals surface area contributed by atoms with Crippen LogP contribution < -0.4 is 0 Å². The van der Waals surface area contributed by atoms with Crippen LogP contribution in [0, 0.1) is 6.92 Å². The molecule has 2 heterocycles. The van der Waals surface area contributed by atoms with Crippen molar-refractivity contribution in [1.82, 2.24) is 9.55 Å². The number of rotatable bonds is 7. The van der Waals surface area contributed by atoms with Crippen LogP contribution in [0.3, 0.4) is 0 Å². The van der Waals surface area contributed by atoms with Crippen molar-refractivity contribution in [2.45, 2.75) is 39.2 Å². The molecule has 0 bridgehead atoms. The van der Waals surface area contributed by atoms with E-state index in [0.717, 1.165) is 18.8 Å². The minimum Gasteiger partial charge on any atom is -0.340 e. The number of pyridine rings is 1. The monoisotopic (exact) mass is 326 g/mol. The molecule has 0 aliphatic rings. The summed E-state index contributed by atoms with van der Waals surface area (Å²) in [6.07, 6.45) is 8.53. The molecule has 0 spiro atoms. The minimum atomic E-state index is 0.770. The molecule has 0 saturated carbocycles. The number of hydrogen-bond donors (Lipinski definition) is 0. The number of hydrogen-bond acceptors (Lipinski definition) is 1. The van der Waals surface area contributed by atoms with Gasteiger partial charge in [-0.15, -0.1) is 11.6 Å². The van der Waals surface area contributed by atoms with E-state index in [0.29, 0.717) is 0 Å². The predicted molar refractivity (Wildman–Crippen MR) is 99.1 cm³/mol. The highest BCUT2D eigenvalue weighted by Gasteiger charge is 2.15. The van der Waals surface area contributed by atoms with Crippen molar-refractivity contribution >= 4 is 22.5 Å². The van der Waals surface area contributed by atoms with Crippen molar-refractivity contribution in [3.8, 4) is 11.3 Å². The van der Waals surface area contributed by atoms with E-state index in [1.54, 1.807) is 0 Å². The maximum absolute atomic E-state index is 5.77. The van der Waals surface area contributed by atoms with Gasteiger partial charge < -0.3 is 4.57 Å². The number of unbranched alkanes of at least 4 members (excludes halogenated alkanes) is 3. The first-order valence-electron chi connectivity index (χ1n) is 8.37. The van der Waals surface area contributed by atoms with Gasteiger partial charge in [-0.25, -0.2) is 0 Å². The Bertz CT molecular complexity index is 762. The molecule has 3 aromatic rings. The summed E-state index contributed by atoms with van der Waals surface area (Å²) < 4.78 is 2.46. The van der Waals surface area contributed by atoms with Crippen LogP contribution in [0.5, 0.6) is 0 Å². The molecule has 0 amide bonds. The van der Waals surface area contributed by atoms with Crippen LogP contribution in [0.25, 0.3) is 22.2 Å². The molecule has 23 heavy (non-hydrogen) atoms. The van der Waals surface area contributed by atoms with Crippen LogP contribution in [-0.2, 0) is 6.54 Å². The van der Waals surface area contributed by atoms with Gasteiger partial charge in [-0.1, -0.05) is 31.0 Å². The summed E-state index contributed by atoms with van der Waals surface area (Å²) in [6, 6.07) is 12.8. The highest BCUT2D eigenvalue weighted by molar-refractivity contribution is 6.17. The molecule has 0 fully saturated rings. The normalized spacial score (nSPS) is 11.2. The number of halogens is 1. The summed E-state index contributed by atoms with van der Waals surface area (Å²) in [5, 5.41) is 1.34. The fourth-order valence-corrected chi connectivity index (χ4v) is 3.49. The molecule has 0 aliphatic carbocycles. The van der Waals surface area contributed by atoms with Crippen LogP contribution in [0.2, 0.25) is 0 Å². The molecular formula is C20H23ClN2. The number of para-hydroxylation sites is 1. The highest BCUT2D eigenvalue weighted by atomic mass is 35.5. The first-order valence-corrected chi connectivity index (χ1v) is 8.90. The number of aromatic nitrogens is 2. The summed E-state index contributed by atoms with van der Waals surface area (Å²) in [4.78, 5) is 4.31. The molecule has 2 nitrogen and oxygen atoms in total. The molecule has 2 aromatic heterocycles. The third kappa shape index (κ3) is 3.42. The third-order valence-corrected chi connectivity index (χ3v) is 4.69. The third-order valence-electron chi connectivity index (χ3n) is 4.42. The van der Waals surface area contributed by atoms with Crippen LogP contribution in [0.4, 0.5) is 0 Å². The number of alkyl halides is 1. The molecule has 0 atom stereocenters. The largest absolute Gasteiger partial charge is 0.340 e. The second kappa shape index (κ2) is 7.65. The van der Waals surface area contributed by atoms with Gasteiger partial charge in [0.25, 0.3) is 0 Å². The molecule has 3 heteroatoms. The summed E-state index contributed by atoms with van der Waals surface area (Å²) in [5.74, 6) is 0.770. The average Bonchev–Trinajstić information content (AvgIpc) is 2.88. The fraction of sp³-hybridized carbons (Fsp3) is 0.350. The summed E-state index contributed by atoms with van der Waals surface area (Å²) in [6.45, 7) is 3.26. The van der Waals surface area contributed by atoms with Crippen molar-refractivity contribution in [3.05, 3.63) is 54.4 Å². The smallest absolute Gasteiger partial charge is 0.0536 e. The van der Waals surface area contributed by atoms with E-state index in [9.17, 15) is 0 Å². The maximum Gasteiger partial charge on any atom is 0.0536 e. The second-order valence-electron chi connectivity index (χ2n) is 5.99. The lowest BCUT2D eigenvalue weighted by atomic mass is 10.1. The lowest BCUT2D eigenvalue weighted by molar-refractivity contribution is 0.597. The Morgan fingerprint density at radius 2 is 1.83 bits per heavy atom. The number of fused-ring (bicyclic) bond motifs is 1. The topological polar surface area (TPSA) is 17.8 Å². The number of benzene rings is 1. The van der Waals surface area contributed by atoms with E-state index >= 15 is 0 Å². The molecule has 120 valence electrons. The molecule has 0 N–H and O–H groups in total. The molecule has 0 saturated heterocycles. The zero-order chi connectivity index (χ0) is 16.1. The van der Waals surface area contributed by atoms with Gasteiger partial charge in [-0.3, -0.25) is 4.98 Å². The van der Waals surface area contributed by atoms with Crippen molar-refractivity contribution in [2.24, 2.45) is 0 Å². The van der Waals surface area contributed by atoms with E-state index < -0.39 is 0 Å². The molecule has 1 aromatic carbocycles. The Kier molecular flexibility index (Phi) is 5.35. The Morgan fingerprint density at radius 3 is 2.61 bits per heavy atom. The van der Waals surface area contributed by atoms with Gasteiger partial charge in [0.2, 0.25) is 0 Å². The minimum absolute atomic E-state index is 0.770. The van der Waals surface area contributed by atoms with Crippen LogP contribution >= 0.6 is 11.6 Å².